The summed E-state index contributed by atoms with van der Waals surface area (Å²) < 4.78 is 0. The van der Waals surface area contributed by atoms with Crippen LogP contribution in [-0.4, -0.2) is 35.7 Å². The molecule has 0 aromatic heterocycles. The zero-order valence-corrected chi connectivity index (χ0v) is 14.1. The quantitative estimate of drug-likeness (QED) is 0.815. The molecule has 1 aromatic carbocycles. The topological polar surface area (TPSA) is 49.4 Å². The van der Waals surface area contributed by atoms with E-state index in [9.17, 15) is 9.59 Å². The fourth-order valence-electron chi connectivity index (χ4n) is 2.92. The van der Waals surface area contributed by atoms with Crippen molar-refractivity contribution < 1.29 is 9.59 Å². The van der Waals surface area contributed by atoms with E-state index in [0.29, 0.717) is 0 Å². The zero-order valence-electron chi connectivity index (χ0n) is 13.3. The predicted octanol–water partition coefficient (Wildman–Crippen LogP) is 3.51. The van der Waals surface area contributed by atoms with Crippen molar-refractivity contribution in [1.29, 1.82) is 0 Å². The fraction of sp³-hybridized carbons (Fsp3) is 0.529. The molecule has 1 aromatic rings. The van der Waals surface area contributed by atoms with E-state index in [4.69, 9.17) is 0 Å². The number of anilines is 1. The minimum absolute atomic E-state index is 0. The number of hydrogen-bond donors (Lipinski definition) is 1. The minimum Gasteiger partial charge on any atom is -0.326 e. The van der Waals surface area contributed by atoms with E-state index < -0.39 is 0 Å². The van der Waals surface area contributed by atoms with Crippen molar-refractivity contribution in [3.63, 3.8) is 0 Å². The standard InChI is InChI=1S/C17H24N2O2.ClH/c1-3-6-16(19-11-4-5-12-19)17(21)14-7-9-15(10-8-14)18-13(2)20;/h7-10,16H,3-6,11-12H2,1-2H3,(H,18,20);1H. The molecule has 1 heterocycles. The Labute approximate surface area is 138 Å². The third kappa shape index (κ3) is 4.82. The number of nitrogens with zero attached hydrogens (tertiary/aromatic N) is 1. The van der Waals surface area contributed by atoms with Gasteiger partial charge >= 0.3 is 0 Å². The number of halogens is 1. The van der Waals surface area contributed by atoms with Crippen molar-refractivity contribution in [3.05, 3.63) is 29.8 Å². The lowest BCUT2D eigenvalue weighted by atomic mass is 9.99. The second-order valence-electron chi connectivity index (χ2n) is 5.67. The van der Waals surface area contributed by atoms with Gasteiger partial charge in [-0.3, -0.25) is 14.5 Å². The maximum absolute atomic E-state index is 12.7. The molecule has 2 rings (SSSR count). The number of benzene rings is 1. The van der Waals surface area contributed by atoms with E-state index in [2.05, 4.69) is 17.1 Å². The molecule has 0 spiro atoms. The monoisotopic (exact) mass is 324 g/mol. The fourth-order valence-corrected chi connectivity index (χ4v) is 2.92. The summed E-state index contributed by atoms with van der Waals surface area (Å²) in [7, 11) is 0. The molecular formula is C17H25ClN2O2. The summed E-state index contributed by atoms with van der Waals surface area (Å²) in [5.41, 5.74) is 1.46. The van der Waals surface area contributed by atoms with E-state index >= 15 is 0 Å². The summed E-state index contributed by atoms with van der Waals surface area (Å²) in [5, 5.41) is 2.72. The number of amides is 1. The lowest BCUT2D eigenvalue weighted by Crippen LogP contribution is -2.39. The molecule has 1 atom stereocenters. The molecular weight excluding hydrogens is 300 g/mol. The van der Waals surface area contributed by atoms with Gasteiger partial charge in [0.25, 0.3) is 0 Å². The molecule has 1 N–H and O–H groups in total. The molecule has 1 unspecified atom stereocenters. The Kier molecular flexibility index (Phi) is 7.56. The van der Waals surface area contributed by atoms with E-state index in [1.807, 2.05) is 12.1 Å². The molecule has 4 nitrogen and oxygen atoms in total. The number of nitrogens with one attached hydrogen (secondary N) is 1. The van der Waals surface area contributed by atoms with Gasteiger partial charge in [0.15, 0.2) is 5.78 Å². The van der Waals surface area contributed by atoms with Gasteiger partial charge in [0.1, 0.15) is 0 Å². The van der Waals surface area contributed by atoms with Crippen LogP contribution in [0, 0.1) is 0 Å². The third-order valence-corrected chi connectivity index (χ3v) is 3.94. The molecule has 122 valence electrons. The number of carbonyl (C=O) groups is 2. The summed E-state index contributed by atoms with van der Waals surface area (Å²) in [4.78, 5) is 26.1. The Morgan fingerprint density at radius 1 is 1.18 bits per heavy atom. The van der Waals surface area contributed by atoms with Crippen molar-refractivity contribution in [2.75, 3.05) is 18.4 Å². The lowest BCUT2D eigenvalue weighted by molar-refractivity contribution is -0.114. The van der Waals surface area contributed by atoms with Crippen molar-refractivity contribution in [3.8, 4) is 0 Å². The Morgan fingerprint density at radius 3 is 2.27 bits per heavy atom. The Balaban J connectivity index is 0.00000242. The van der Waals surface area contributed by atoms with Crippen LogP contribution in [0.15, 0.2) is 24.3 Å². The minimum atomic E-state index is -0.102. The molecule has 0 bridgehead atoms. The lowest BCUT2D eigenvalue weighted by Gasteiger charge is -2.26. The van der Waals surface area contributed by atoms with Gasteiger partial charge in [-0.1, -0.05) is 13.3 Å². The molecule has 1 fully saturated rings. The second-order valence-corrected chi connectivity index (χ2v) is 5.67. The molecule has 1 aliphatic heterocycles. The summed E-state index contributed by atoms with van der Waals surface area (Å²) >= 11 is 0. The molecule has 0 radical (unpaired) electrons. The predicted molar refractivity (Wildman–Crippen MR) is 91.8 cm³/mol. The largest absolute Gasteiger partial charge is 0.326 e. The van der Waals surface area contributed by atoms with Gasteiger partial charge in [-0.05, 0) is 56.6 Å². The molecule has 1 saturated heterocycles. The average Bonchev–Trinajstić information content (AvgIpc) is 2.98. The Bertz CT molecular complexity index is 496. The highest BCUT2D eigenvalue weighted by Gasteiger charge is 2.27. The van der Waals surface area contributed by atoms with E-state index in [-0.39, 0.29) is 30.1 Å². The van der Waals surface area contributed by atoms with Crippen molar-refractivity contribution >= 4 is 29.8 Å². The van der Waals surface area contributed by atoms with Crippen LogP contribution in [0.25, 0.3) is 0 Å². The van der Waals surface area contributed by atoms with Gasteiger partial charge in [0, 0.05) is 18.2 Å². The van der Waals surface area contributed by atoms with Crippen molar-refractivity contribution in [2.45, 2.75) is 45.6 Å². The Hall–Kier alpha value is -1.39. The maximum atomic E-state index is 12.7. The number of rotatable bonds is 6. The molecule has 22 heavy (non-hydrogen) atoms. The first-order valence-corrected chi connectivity index (χ1v) is 7.77. The third-order valence-electron chi connectivity index (χ3n) is 3.94. The van der Waals surface area contributed by atoms with Crippen LogP contribution >= 0.6 is 12.4 Å². The molecule has 0 saturated carbocycles. The van der Waals surface area contributed by atoms with Gasteiger partial charge in [-0.25, -0.2) is 0 Å². The Morgan fingerprint density at radius 2 is 1.77 bits per heavy atom. The smallest absolute Gasteiger partial charge is 0.221 e. The van der Waals surface area contributed by atoms with Crippen LogP contribution in [0.1, 0.15) is 49.9 Å². The number of likely N-dealkylation sites (tertiary alicyclic amines) is 1. The van der Waals surface area contributed by atoms with Crippen LogP contribution in [0.2, 0.25) is 0 Å². The first-order valence-electron chi connectivity index (χ1n) is 7.77. The summed E-state index contributed by atoms with van der Waals surface area (Å²) in [6, 6.07) is 7.21. The van der Waals surface area contributed by atoms with Gasteiger partial charge in [-0.15, -0.1) is 12.4 Å². The number of Topliss-reactive ketones (excluding diaryl/α,β-unsaturated/α-hetero) is 1. The molecule has 5 heteroatoms. The van der Waals surface area contributed by atoms with Crippen LogP contribution in [0.5, 0.6) is 0 Å². The average molecular weight is 325 g/mol. The molecule has 1 amide bonds. The summed E-state index contributed by atoms with van der Waals surface area (Å²) in [6.45, 7) is 5.65. The molecule has 1 aliphatic rings. The summed E-state index contributed by atoms with van der Waals surface area (Å²) in [5.74, 6) is 0.100. The van der Waals surface area contributed by atoms with Crippen LogP contribution in [0.3, 0.4) is 0 Å². The van der Waals surface area contributed by atoms with E-state index in [1.165, 1.54) is 19.8 Å². The van der Waals surface area contributed by atoms with Gasteiger partial charge in [-0.2, -0.15) is 0 Å². The zero-order chi connectivity index (χ0) is 15.2. The summed E-state index contributed by atoms with van der Waals surface area (Å²) in [6.07, 6.45) is 4.30. The highest BCUT2D eigenvalue weighted by Crippen LogP contribution is 2.20. The number of ketones is 1. The second kappa shape index (κ2) is 8.91. The maximum Gasteiger partial charge on any atom is 0.221 e. The van der Waals surface area contributed by atoms with E-state index in [1.54, 1.807) is 12.1 Å². The SMILES string of the molecule is CCCC(C(=O)c1ccc(NC(C)=O)cc1)N1CCCC1.Cl. The van der Waals surface area contributed by atoms with E-state index in [0.717, 1.165) is 37.2 Å². The van der Waals surface area contributed by atoms with Crippen molar-refractivity contribution in [2.24, 2.45) is 0 Å². The van der Waals surface area contributed by atoms with Gasteiger partial charge in [0.05, 0.1) is 6.04 Å². The normalized spacial score (nSPS) is 15.9. The van der Waals surface area contributed by atoms with Gasteiger partial charge in [0.2, 0.25) is 5.91 Å². The van der Waals surface area contributed by atoms with Crippen LogP contribution in [0.4, 0.5) is 5.69 Å². The number of carbonyl (C=O) groups excluding carboxylic acids is 2. The number of hydrogen-bond acceptors (Lipinski definition) is 3. The van der Waals surface area contributed by atoms with Crippen LogP contribution < -0.4 is 5.32 Å². The highest BCUT2D eigenvalue weighted by atomic mass is 35.5. The van der Waals surface area contributed by atoms with Crippen LogP contribution in [-0.2, 0) is 4.79 Å². The highest BCUT2D eigenvalue weighted by molar-refractivity contribution is 6.00. The van der Waals surface area contributed by atoms with Crippen molar-refractivity contribution in [1.82, 2.24) is 4.90 Å². The molecule has 0 aliphatic carbocycles. The first kappa shape index (κ1) is 18.7. The van der Waals surface area contributed by atoms with Gasteiger partial charge < -0.3 is 5.32 Å². The first-order chi connectivity index (χ1) is 10.1.